The van der Waals surface area contributed by atoms with Gasteiger partial charge in [0.05, 0.1) is 18.2 Å². The number of halogens is 1. The molecule has 0 saturated heterocycles. The zero-order valence-electron chi connectivity index (χ0n) is 17.7. The number of carbonyl (C=O) groups excluding carboxylic acids is 2. The van der Waals surface area contributed by atoms with Gasteiger partial charge in [0.1, 0.15) is 0 Å². The van der Waals surface area contributed by atoms with E-state index in [4.69, 9.17) is 16.3 Å². The quantitative estimate of drug-likeness (QED) is 0.361. The average Bonchev–Trinajstić information content (AvgIpc) is 3.14. The molecule has 0 saturated carbocycles. The molecule has 1 aromatic heterocycles. The van der Waals surface area contributed by atoms with E-state index in [1.165, 1.54) is 7.11 Å². The number of rotatable bonds is 4. The number of aromatic nitrogens is 1. The molecule has 0 amide bonds. The standard InChI is InChI=1S/C27H22ClNO3/c1-32-27(31)20-11-7-13-22-25(20)26-23(29(22)16-18-10-5-6-12-21(18)28)14-19(15-24(26)30)17-8-3-2-4-9-17/h2-13,19H,14-16H2,1H3. The van der Waals surface area contributed by atoms with Gasteiger partial charge in [-0.3, -0.25) is 4.79 Å². The third kappa shape index (κ3) is 3.41. The number of hydrogen-bond acceptors (Lipinski definition) is 3. The van der Waals surface area contributed by atoms with Gasteiger partial charge >= 0.3 is 5.97 Å². The zero-order valence-corrected chi connectivity index (χ0v) is 18.4. The molecule has 3 aromatic carbocycles. The van der Waals surface area contributed by atoms with E-state index in [0.717, 1.165) is 22.3 Å². The molecule has 1 aliphatic rings. The molecule has 0 radical (unpaired) electrons. The molecular formula is C27H22ClNO3. The van der Waals surface area contributed by atoms with Crippen molar-refractivity contribution in [3.63, 3.8) is 0 Å². The van der Waals surface area contributed by atoms with E-state index in [1.807, 2.05) is 54.6 Å². The first-order valence-electron chi connectivity index (χ1n) is 10.6. The average molecular weight is 444 g/mol. The molecule has 1 aliphatic carbocycles. The van der Waals surface area contributed by atoms with Crippen molar-refractivity contribution in [1.82, 2.24) is 4.57 Å². The van der Waals surface area contributed by atoms with E-state index in [1.54, 1.807) is 6.07 Å². The van der Waals surface area contributed by atoms with E-state index in [2.05, 4.69) is 16.7 Å². The normalized spacial score (nSPS) is 15.6. The summed E-state index contributed by atoms with van der Waals surface area (Å²) in [6, 6.07) is 23.4. The smallest absolute Gasteiger partial charge is 0.338 e. The van der Waals surface area contributed by atoms with Crippen LogP contribution in [0.2, 0.25) is 5.02 Å². The summed E-state index contributed by atoms with van der Waals surface area (Å²) in [6.45, 7) is 0.519. The van der Waals surface area contributed by atoms with Crippen LogP contribution in [0.25, 0.3) is 10.9 Å². The lowest BCUT2D eigenvalue weighted by Crippen LogP contribution is -2.21. The number of benzene rings is 3. The minimum Gasteiger partial charge on any atom is -0.465 e. The fourth-order valence-corrected chi connectivity index (χ4v) is 5.01. The van der Waals surface area contributed by atoms with Gasteiger partial charge in [-0.25, -0.2) is 4.79 Å². The maximum atomic E-state index is 13.5. The van der Waals surface area contributed by atoms with Crippen LogP contribution in [-0.4, -0.2) is 23.4 Å². The molecule has 5 heteroatoms. The van der Waals surface area contributed by atoms with Gasteiger partial charge < -0.3 is 9.30 Å². The maximum Gasteiger partial charge on any atom is 0.338 e. The van der Waals surface area contributed by atoms with E-state index in [9.17, 15) is 9.59 Å². The summed E-state index contributed by atoms with van der Waals surface area (Å²) in [5.41, 5.74) is 4.97. The Morgan fingerprint density at radius 2 is 1.75 bits per heavy atom. The third-order valence-electron chi connectivity index (χ3n) is 6.31. The summed E-state index contributed by atoms with van der Waals surface area (Å²) in [5.74, 6) is -0.294. The lowest BCUT2D eigenvalue weighted by molar-refractivity contribution is 0.0603. The van der Waals surface area contributed by atoms with Crippen molar-refractivity contribution in [2.24, 2.45) is 0 Å². The Morgan fingerprint density at radius 1 is 1.00 bits per heavy atom. The molecule has 1 unspecified atom stereocenters. The molecule has 4 aromatic rings. The van der Waals surface area contributed by atoms with Gasteiger partial charge in [-0.05, 0) is 41.7 Å². The Kier molecular flexibility index (Phi) is 5.32. The number of ketones is 1. The van der Waals surface area contributed by atoms with Crippen molar-refractivity contribution in [3.05, 3.63) is 106 Å². The Morgan fingerprint density at radius 3 is 2.50 bits per heavy atom. The van der Waals surface area contributed by atoms with Crippen LogP contribution in [0.1, 0.15) is 49.9 Å². The molecule has 1 heterocycles. The molecule has 0 aliphatic heterocycles. The van der Waals surface area contributed by atoms with Crippen molar-refractivity contribution in [2.45, 2.75) is 25.3 Å². The SMILES string of the molecule is COC(=O)c1cccc2c1c1c(n2Cc2ccccc2Cl)CC(c2ccccc2)CC1=O. The van der Waals surface area contributed by atoms with Crippen LogP contribution < -0.4 is 0 Å². The molecular weight excluding hydrogens is 422 g/mol. The second-order valence-electron chi connectivity index (χ2n) is 8.13. The summed E-state index contributed by atoms with van der Waals surface area (Å²) in [6.07, 6.45) is 1.13. The number of Topliss-reactive ketones (excluding diaryl/α,β-unsaturated/α-hetero) is 1. The minimum absolute atomic E-state index is 0.0550. The summed E-state index contributed by atoms with van der Waals surface area (Å²) in [5, 5.41) is 1.35. The Balaban J connectivity index is 1.74. The fraction of sp³-hybridized carbons (Fsp3) is 0.185. The van der Waals surface area contributed by atoms with E-state index in [-0.39, 0.29) is 11.7 Å². The third-order valence-corrected chi connectivity index (χ3v) is 6.68. The van der Waals surface area contributed by atoms with Gasteiger partial charge in [-0.1, -0.05) is 66.2 Å². The minimum atomic E-state index is -0.439. The van der Waals surface area contributed by atoms with E-state index < -0.39 is 5.97 Å². The van der Waals surface area contributed by atoms with Crippen molar-refractivity contribution in [1.29, 1.82) is 0 Å². The highest BCUT2D eigenvalue weighted by Gasteiger charge is 2.33. The highest BCUT2D eigenvalue weighted by Crippen LogP contribution is 2.40. The predicted octanol–water partition coefficient (Wildman–Crippen LogP) is 6.04. The maximum absolute atomic E-state index is 13.5. The van der Waals surface area contributed by atoms with Crippen molar-refractivity contribution in [2.75, 3.05) is 7.11 Å². The molecule has 0 spiro atoms. The van der Waals surface area contributed by atoms with Crippen molar-refractivity contribution < 1.29 is 14.3 Å². The summed E-state index contributed by atoms with van der Waals surface area (Å²) >= 11 is 6.48. The zero-order chi connectivity index (χ0) is 22.2. The number of methoxy groups -OCH3 is 1. The van der Waals surface area contributed by atoms with Crippen LogP contribution in [0.3, 0.4) is 0 Å². The van der Waals surface area contributed by atoms with Crippen molar-refractivity contribution in [3.8, 4) is 0 Å². The van der Waals surface area contributed by atoms with Crippen LogP contribution >= 0.6 is 11.6 Å². The number of hydrogen-bond donors (Lipinski definition) is 0. The first kappa shape index (κ1) is 20.5. The first-order chi connectivity index (χ1) is 15.6. The number of esters is 1. The Bertz CT molecular complexity index is 1340. The predicted molar refractivity (Wildman–Crippen MR) is 126 cm³/mol. The van der Waals surface area contributed by atoms with Crippen LogP contribution in [0.15, 0.2) is 72.8 Å². The highest BCUT2D eigenvalue weighted by molar-refractivity contribution is 6.31. The number of ether oxygens (including phenoxy) is 1. The van der Waals surface area contributed by atoms with Crippen molar-refractivity contribution >= 4 is 34.3 Å². The second-order valence-corrected chi connectivity index (χ2v) is 8.54. The van der Waals surface area contributed by atoms with E-state index in [0.29, 0.717) is 40.9 Å². The van der Waals surface area contributed by atoms with Gasteiger partial charge in [0, 0.05) is 34.6 Å². The molecule has 160 valence electrons. The van der Waals surface area contributed by atoms with Crippen LogP contribution in [0.5, 0.6) is 0 Å². The molecule has 0 fully saturated rings. The molecule has 32 heavy (non-hydrogen) atoms. The molecule has 5 rings (SSSR count). The van der Waals surface area contributed by atoms with Crippen LogP contribution in [0.4, 0.5) is 0 Å². The largest absolute Gasteiger partial charge is 0.465 e. The van der Waals surface area contributed by atoms with Crippen LogP contribution in [0, 0.1) is 0 Å². The Labute approximate surface area is 191 Å². The second kappa shape index (κ2) is 8.29. The monoisotopic (exact) mass is 443 g/mol. The lowest BCUT2D eigenvalue weighted by atomic mass is 9.81. The van der Waals surface area contributed by atoms with Gasteiger partial charge in [0.25, 0.3) is 0 Å². The van der Waals surface area contributed by atoms with E-state index >= 15 is 0 Å². The lowest BCUT2D eigenvalue weighted by Gasteiger charge is -2.24. The molecule has 1 atom stereocenters. The van der Waals surface area contributed by atoms with Gasteiger partial charge in [-0.2, -0.15) is 0 Å². The molecule has 0 bridgehead atoms. The summed E-state index contributed by atoms with van der Waals surface area (Å²) in [7, 11) is 1.36. The van der Waals surface area contributed by atoms with Gasteiger partial charge in [-0.15, -0.1) is 0 Å². The van der Waals surface area contributed by atoms with Crippen LogP contribution in [-0.2, 0) is 17.7 Å². The number of fused-ring (bicyclic) bond motifs is 3. The molecule has 0 N–H and O–H groups in total. The van der Waals surface area contributed by atoms with Gasteiger partial charge in [0.15, 0.2) is 5.78 Å². The topological polar surface area (TPSA) is 48.3 Å². The fourth-order valence-electron chi connectivity index (χ4n) is 4.82. The first-order valence-corrected chi connectivity index (χ1v) is 11.0. The number of nitrogens with zero attached hydrogens (tertiary/aromatic N) is 1. The molecule has 4 nitrogen and oxygen atoms in total. The highest BCUT2D eigenvalue weighted by atomic mass is 35.5. The summed E-state index contributed by atoms with van der Waals surface area (Å²) < 4.78 is 7.17. The number of carbonyl (C=O) groups is 2. The summed E-state index contributed by atoms with van der Waals surface area (Å²) in [4.78, 5) is 26.1. The Hall–Kier alpha value is -3.37. The van der Waals surface area contributed by atoms with Gasteiger partial charge in [0.2, 0.25) is 0 Å².